The van der Waals surface area contributed by atoms with E-state index in [2.05, 4.69) is 20.8 Å². The minimum Gasteiger partial charge on any atom is -0.377 e. The summed E-state index contributed by atoms with van der Waals surface area (Å²) in [5.74, 6) is 0. The zero-order valence-corrected chi connectivity index (χ0v) is 12.4. The molecule has 0 N–H and O–H groups in total. The first-order valence-electron chi connectivity index (χ1n) is 5.34. The largest absolute Gasteiger partial charge is 0.501 e. The van der Waals surface area contributed by atoms with Crippen LogP contribution in [0.1, 0.15) is 41.5 Å². The van der Waals surface area contributed by atoms with Gasteiger partial charge in [-0.15, -0.1) is 0 Å². The first-order valence-corrected chi connectivity index (χ1v) is 7.27. The summed E-state index contributed by atoms with van der Waals surface area (Å²) < 4.78 is 17.1. The Hall–Kier alpha value is 0.0969. The van der Waals surface area contributed by atoms with Crippen molar-refractivity contribution >= 4 is 8.80 Å². The maximum absolute atomic E-state index is 5.99. The molecule has 0 aromatic carbocycles. The van der Waals surface area contributed by atoms with Crippen LogP contribution in [0.2, 0.25) is 6.04 Å². The highest BCUT2D eigenvalue weighted by molar-refractivity contribution is 6.60. The monoisotopic (exact) mass is 234 g/mol. The van der Waals surface area contributed by atoms with E-state index in [1.54, 1.807) is 14.2 Å². The molecule has 0 amide bonds. The van der Waals surface area contributed by atoms with Crippen molar-refractivity contribution in [1.82, 2.24) is 0 Å². The van der Waals surface area contributed by atoms with Crippen LogP contribution in [0.15, 0.2) is 0 Å². The van der Waals surface area contributed by atoms with Gasteiger partial charge in [-0.3, -0.25) is 0 Å². The first kappa shape index (κ1) is 15.1. The lowest BCUT2D eigenvalue weighted by molar-refractivity contribution is 0.0112. The molecule has 0 heterocycles. The second-order valence-corrected chi connectivity index (χ2v) is 8.78. The van der Waals surface area contributed by atoms with Gasteiger partial charge >= 0.3 is 8.80 Å². The molecule has 4 heteroatoms. The Labute approximate surface area is 95.5 Å². The third-order valence-electron chi connectivity index (χ3n) is 1.83. The van der Waals surface area contributed by atoms with Crippen LogP contribution in [0.5, 0.6) is 0 Å². The van der Waals surface area contributed by atoms with Crippen molar-refractivity contribution in [3.05, 3.63) is 0 Å². The molecular formula is C11H26O3Si. The molecular weight excluding hydrogens is 208 g/mol. The fourth-order valence-electron chi connectivity index (χ4n) is 1.46. The van der Waals surface area contributed by atoms with E-state index >= 15 is 0 Å². The summed E-state index contributed by atoms with van der Waals surface area (Å²) in [6.07, 6.45) is 0. The second-order valence-electron chi connectivity index (χ2n) is 6.04. The summed E-state index contributed by atoms with van der Waals surface area (Å²) in [4.78, 5) is 0. The Morgan fingerprint density at radius 3 is 1.47 bits per heavy atom. The molecule has 0 aliphatic rings. The lowest BCUT2D eigenvalue weighted by Crippen LogP contribution is -2.51. The van der Waals surface area contributed by atoms with Gasteiger partial charge in [0.15, 0.2) is 0 Å². The van der Waals surface area contributed by atoms with Gasteiger partial charge in [0.1, 0.15) is 0 Å². The van der Waals surface area contributed by atoms with Crippen molar-refractivity contribution in [1.29, 1.82) is 0 Å². The van der Waals surface area contributed by atoms with E-state index in [-0.39, 0.29) is 11.0 Å². The predicted molar refractivity (Wildman–Crippen MR) is 64.9 cm³/mol. The van der Waals surface area contributed by atoms with Crippen LogP contribution in [-0.4, -0.2) is 28.6 Å². The Morgan fingerprint density at radius 2 is 1.27 bits per heavy atom. The molecule has 0 fully saturated rings. The molecule has 0 radical (unpaired) electrons. The summed E-state index contributed by atoms with van der Waals surface area (Å²) >= 11 is 0. The minimum absolute atomic E-state index is 0.142. The third kappa shape index (κ3) is 6.30. The van der Waals surface area contributed by atoms with Gasteiger partial charge in [-0.25, -0.2) is 0 Å². The molecule has 0 rings (SSSR count). The van der Waals surface area contributed by atoms with E-state index < -0.39 is 8.80 Å². The van der Waals surface area contributed by atoms with Gasteiger partial charge in [0.2, 0.25) is 0 Å². The van der Waals surface area contributed by atoms with E-state index in [0.717, 1.165) is 6.04 Å². The van der Waals surface area contributed by atoms with Crippen molar-refractivity contribution < 1.29 is 13.3 Å². The molecule has 0 aromatic heterocycles. The van der Waals surface area contributed by atoms with Gasteiger partial charge in [0.05, 0.1) is 5.60 Å². The zero-order valence-electron chi connectivity index (χ0n) is 11.4. The van der Waals surface area contributed by atoms with Crippen molar-refractivity contribution in [2.75, 3.05) is 14.2 Å². The quantitative estimate of drug-likeness (QED) is 0.700. The van der Waals surface area contributed by atoms with E-state index in [9.17, 15) is 0 Å². The highest BCUT2D eigenvalue weighted by atomic mass is 28.4. The SMILES string of the molecule is CO[Si](CC(C)(C)C)(OC)OC(C)(C)C. The van der Waals surface area contributed by atoms with E-state index in [4.69, 9.17) is 13.3 Å². The Morgan fingerprint density at radius 1 is 0.867 bits per heavy atom. The van der Waals surface area contributed by atoms with Crippen LogP contribution in [0, 0.1) is 5.41 Å². The Balaban J connectivity index is 4.74. The van der Waals surface area contributed by atoms with Crippen molar-refractivity contribution in [3.8, 4) is 0 Å². The Bertz CT molecular complexity index is 169. The van der Waals surface area contributed by atoms with Gasteiger partial charge in [-0.2, -0.15) is 0 Å². The van der Waals surface area contributed by atoms with E-state index in [1.807, 2.05) is 20.8 Å². The highest BCUT2D eigenvalue weighted by Gasteiger charge is 2.45. The van der Waals surface area contributed by atoms with E-state index in [0.29, 0.717) is 0 Å². The standard InChI is InChI=1S/C11H26O3Si/c1-10(2,3)9-15(12-7,13-8)14-11(4,5)6/h9H2,1-8H3. The molecule has 0 aliphatic heterocycles. The summed E-state index contributed by atoms with van der Waals surface area (Å²) in [6.45, 7) is 12.6. The maximum Gasteiger partial charge on any atom is 0.501 e. The summed E-state index contributed by atoms with van der Waals surface area (Å²) in [6, 6.07) is 0.824. The molecule has 0 unspecified atom stereocenters. The molecule has 0 aliphatic carbocycles. The van der Waals surface area contributed by atoms with Crippen LogP contribution < -0.4 is 0 Å². The van der Waals surface area contributed by atoms with Gasteiger partial charge in [-0.05, 0) is 26.2 Å². The highest BCUT2D eigenvalue weighted by Crippen LogP contribution is 2.31. The van der Waals surface area contributed by atoms with Crippen LogP contribution in [0.3, 0.4) is 0 Å². The molecule has 0 spiro atoms. The molecule has 3 nitrogen and oxygen atoms in total. The van der Waals surface area contributed by atoms with Crippen LogP contribution >= 0.6 is 0 Å². The molecule has 0 saturated carbocycles. The topological polar surface area (TPSA) is 27.7 Å². The maximum atomic E-state index is 5.99. The second kappa shape index (κ2) is 4.95. The first-order chi connectivity index (χ1) is 6.54. The number of hydrogen-bond donors (Lipinski definition) is 0. The smallest absolute Gasteiger partial charge is 0.377 e. The zero-order chi connectivity index (χ0) is 12.3. The van der Waals surface area contributed by atoms with Crippen molar-refractivity contribution in [2.45, 2.75) is 53.2 Å². The van der Waals surface area contributed by atoms with Crippen molar-refractivity contribution in [3.63, 3.8) is 0 Å². The van der Waals surface area contributed by atoms with E-state index in [1.165, 1.54) is 0 Å². The molecule has 92 valence electrons. The fraction of sp³-hybridized carbons (Fsp3) is 1.00. The average Bonchev–Trinajstić information content (AvgIpc) is 1.98. The van der Waals surface area contributed by atoms with Gasteiger partial charge in [-0.1, -0.05) is 20.8 Å². The molecule has 0 aromatic rings. The Kier molecular flexibility index (Phi) is 4.98. The minimum atomic E-state index is -2.51. The lowest BCUT2D eigenvalue weighted by atomic mass is 10.0. The van der Waals surface area contributed by atoms with Crippen molar-refractivity contribution in [2.24, 2.45) is 5.41 Å². The number of hydrogen-bond acceptors (Lipinski definition) is 3. The molecule has 0 atom stereocenters. The van der Waals surface area contributed by atoms with Gasteiger partial charge in [0.25, 0.3) is 0 Å². The van der Waals surface area contributed by atoms with Crippen LogP contribution in [0.25, 0.3) is 0 Å². The third-order valence-corrected chi connectivity index (χ3v) is 5.49. The van der Waals surface area contributed by atoms with Gasteiger partial charge < -0.3 is 13.3 Å². The number of rotatable bonds is 4. The molecule has 0 bridgehead atoms. The fourth-order valence-corrected chi connectivity index (χ4v) is 4.39. The molecule has 0 saturated heterocycles. The molecule has 15 heavy (non-hydrogen) atoms. The predicted octanol–water partition coefficient (Wildman–Crippen LogP) is 3.08. The lowest BCUT2D eigenvalue weighted by Gasteiger charge is -2.37. The summed E-state index contributed by atoms with van der Waals surface area (Å²) in [5.41, 5.74) is -0.0903. The summed E-state index contributed by atoms with van der Waals surface area (Å²) in [7, 11) is 0.833. The summed E-state index contributed by atoms with van der Waals surface area (Å²) in [5, 5.41) is 0. The van der Waals surface area contributed by atoms with Gasteiger partial charge in [0, 0.05) is 20.3 Å². The normalized spacial score (nSPS) is 14.4. The van der Waals surface area contributed by atoms with Crippen LogP contribution in [0.4, 0.5) is 0 Å². The average molecular weight is 234 g/mol. The van der Waals surface area contributed by atoms with Crippen LogP contribution in [-0.2, 0) is 13.3 Å².